The molecule has 1 saturated heterocycles. The summed E-state index contributed by atoms with van der Waals surface area (Å²) in [5, 5.41) is 13.4. The van der Waals surface area contributed by atoms with Gasteiger partial charge in [0, 0.05) is 37.0 Å². The van der Waals surface area contributed by atoms with E-state index in [0.717, 1.165) is 23.7 Å². The maximum Gasteiger partial charge on any atom is 0.253 e. The Balaban J connectivity index is 1.54. The monoisotopic (exact) mass is 369 g/mol. The number of likely N-dealkylation sites (tertiary alicyclic amines) is 1. The number of aromatic nitrogens is 3. The van der Waals surface area contributed by atoms with Crippen LogP contribution in [0.5, 0.6) is 0 Å². The summed E-state index contributed by atoms with van der Waals surface area (Å²) in [6.07, 6.45) is 2.64. The molecule has 7 nitrogen and oxygen atoms in total. The summed E-state index contributed by atoms with van der Waals surface area (Å²) in [4.78, 5) is 27.0. The molecular formula is C18H19N5O2S. The zero-order valence-electron chi connectivity index (χ0n) is 14.4. The zero-order chi connectivity index (χ0) is 18.1. The molecule has 0 spiro atoms. The molecule has 1 atom stereocenters. The van der Waals surface area contributed by atoms with E-state index in [1.165, 1.54) is 0 Å². The summed E-state index contributed by atoms with van der Waals surface area (Å²) in [5.41, 5.74) is 1.27. The molecule has 3 aromatic heterocycles. The number of hydrogen-bond acceptors (Lipinski definition) is 5. The van der Waals surface area contributed by atoms with Gasteiger partial charge in [-0.05, 0) is 30.0 Å². The van der Waals surface area contributed by atoms with E-state index < -0.39 is 0 Å². The minimum atomic E-state index is -0.128. The van der Waals surface area contributed by atoms with Crippen molar-refractivity contribution in [3.8, 4) is 0 Å². The predicted octanol–water partition coefficient (Wildman–Crippen LogP) is 2.06. The van der Waals surface area contributed by atoms with Gasteiger partial charge in [-0.3, -0.25) is 14.0 Å². The van der Waals surface area contributed by atoms with Crippen molar-refractivity contribution in [3.05, 3.63) is 52.1 Å². The highest BCUT2D eigenvalue weighted by atomic mass is 32.1. The van der Waals surface area contributed by atoms with Crippen LogP contribution in [-0.4, -0.2) is 44.4 Å². The van der Waals surface area contributed by atoms with Crippen LogP contribution in [0.15, 0.2) is 35.8 Å². The van der Waals surface area contributed by atoms with Crippen molar-refractivity contribution in [2.45, 2.75) is 25.8 Å². The van der Waals surface area contributed by atoms with Gasteiger partial charge in [-0.2, -0.15) is 0 Å². The number of hydrogen-bond donors (Lipinski definition) is 1. The van der Waals surface area contributed by atoms with Crippen LogP contribution in [0.25, 0.3) is 5.65 Å². The first kappa shape index (κ1) is 16.7. The summed E-state index contributed by atoms with van der Waals surface area (Å²) in [5.74, 6) is 0.890. The number of thiophene rings is 1. The Morgan fingerprint density at radius 3 is 2.92 bits per heavy atom. The summed E-state index contributed by atoms with van der Waals surface area (Å²) < 4.78 is 1.87. The van der Waals surface area contributed by atoms with Crippen LogP contribution in [0.4, 0.5) is 0 Å². The number of fused-ring (bicyclic) bond motifs is 1. The van der Waals surface area contributed by atoms with E-state index >= 15 is 0 Å². The fourth-order valence-electron chi connectivity index (χ4n) is 3.26. The maximum absolute atomic E-state index is 12.5. The number of pyridine rings is 1. The van der Waals surface area contributed by atoms with Crippen molar-refractivity contribution in [2.75, 3.05) is 13.1 Å². The molecule has 0 aromatic carbocycles. The lowest BCUT2D eigenvalue weighted by Gasteiger charge is -2.13. The van der Waals surface area contributed by atoms with E-state index in [0.29, 0.717) is 24.3 Å². The lowest BCUT2D eigenvalue weighted by Crippen LogP contribution is -2.25. The Morgan fingerprint density at radius 2 is 2.19 bits per heavy atom. The number of carbonyl (C=O) groups is 2. The molecule has 0 bridgehead atoms. The summed E-state index contributed by atoms with van der Waals surface area (Å²) in [6.45, 7) is 3.47. The van der Waals surface area contributed by atoms with E-state index in [9.17, 15) is 9.59 Å². The molecule has 1 N–H and O–H groups in total. The Bertz CT molecular complexity index is 950. The smallest absolute Gasteiger partial charge is 0.253 e. The highest BCUT2D eigenvalue weighted by Crippen LogP contribution is 2.26. The van der Waals surface area contributed by atoms with Gasteiger partial charge in [-0.1, -0.05) is 6.07 Å². The third-order valence-corrected chi connectivity index (χ3v) is 5.57. The van der Waals surface area contributed by atoms with E-state index in [-0.39, 0.29) is 17.7 Å². The highest BCUT2D eigenvalue weighted by Gasteiger charge is 2.29. The van der Waals surface area contributed by atoms with Crippen LogP contribution in [0.3, 0.4) is 0 Å². The number of nitrogens with zero attached hydrogens (tertiary/aromatic N) is 4. The van der Waals surface area contributed by atoms with E-state index in [4.69, 9.17) is 0 Å². The molecule has 4 heterocycles. The average molecular weight is 369 g/mol. The van der Waals surface area contributed by atoms with Crippen molar-refractivity contribution < 1.29 is 9.59 Å². The second-order valence-corrected chi connectivity index (χ2v) is 7.45. The number of rotatable bonds is 4. The molecule has 1 aliphatic heterocycles. The normalized spacial score (nSPS) is 17.0. The van der Waals surface area contributed by atoms with Crippen LogP contribution in [0.1, 0.15) is 40.3 Å². The van der Waals surface area contributed by atoms with E-state index in [2.05, 4.69) is 15.5 Å². The van der Waals surface area contributed by atoms with Crippen molar-refractivity contribution >= 4 is 28.8 Å². The molecule has 8 heteroatoms. The van der Waals surface area contributed by atoms with Crippen LogP contribution in [-0.2, 0) is 11.3 Å². The largest absolute Gasteiger partial charge is 0.347 e. The molecule has 26 heavy (non-hydrogen) atoms. The van der Waals surface area contributed by atoms with E-state index in [1.807, 2.05) is 26.8 Å². The SMILES string of the molecule is CC(=O)N1CCC(c2nnc3ccc(C(=O)NCc4cccs4)cn23)C1. The first-order valence-electron chi connectivity index (χ1n) is 8.52. The molecule has 4 rings (SSSR count). The van der Waals surface area contributed by atoms with Crippen LogP contribution in [0, 0.1) is 0 Å². The predicted molar refractivity (Wildman–Crippen MR) is 98.1 cm³/mol. The van der Waals surface area contributed by atoms with Gasteiger partial charge in [0.15, 0.2) is 5.65 Å². The number of nitrogens with one attached hydrogen (secondary N) is 1. The fraction of sp³-hybridized carbons (Fsp3) is 0.333. The molecule has 0 aliphatic carbocycles. The molecule has 2 amide bonds. The van der Waals surface area contributed by atoms with Gasteiger partial charge in [0.1, 0.15) is 5.82 Å². The Kier molecular flexibility index (Phi) is 4.42. The Morgan fingerprint density at radius 1 is 1.31 bits per heavy atom. The lowest BCUT2D eigenvalue weighted by atomic mass is 10.1. The van der Waals surface area contributed by atoms with Crippen LogP contribution >= 0.6 is 11.3 Å². The third-order valence-electron chi connectivity index (χ3n) is 4.69. The molecule has 3 aromatic rings. The third kappa shape index (κ3) is 3.20. The second-order valence-electron chi connectivity index (χ2n) is 6.42. The van der Waals surface area contributed by atoms with Crippen molar-refractivity contribution in [3.63, 3.8) is 0 Å². The topological polar surface area (TPSA) is 79.6 Å². The van der Waals surface area contributed by atoms with Crippen molar-refractivity contribution in [2.24, 2.45) is 0 Å². The lowest BCUT2D eigenvalue weighted by molar-refractivity contribution is -0.127. The summed E-state index contributed by atoms with van der Waals surface area (Å²) in [6, 6.07) is 7.52. The fourth-order valence-corrected chi connectivity index (χ4v) is 3.91. The molecule has 134 valence electrons. The molecule has 0 saturated carbocycles. The molecule has 0 radical (unpaired) electrons. The van der Waals surface area contributed by atoms with Gasteiger partial charge in [0.05, 0.1) is 12.1 Å². The molecule has 1 unspecified atom stereocenters. The minimum absolute atomic E-state index is 0.0787. The van der Waals surface area contributed by atoms with Gasteiger partial charge < -0.3 is 10.2 Å². The van der Waals surface area contributed by atoms with Crippen LogP contribution < -0.4 is 5.32 Å². The highest BCUT2D eigenvalue weighted by molar-refractivity contribution is 7.09. The summed E-state index contributed by atoms with van der Waals surface area (Å²) >= 11 is 1.61. The van der Waals surface area contributed by atoms with Gasteiger partial charge >= 0.3 is 0 Å². The first-order valence-corrected chi connectivity index (χ1v) is 9.40. The number of amides is 2. The average Bonchev–Trinajstić information content (AvgIpc) is 3.38. The Hall–Kier alpha value is -2.74. The van der Waals surface area contributed by atoms with Crippen LogP contribution in [0.2, 0.25) is 0 Å². The number of carbonyl (C=O) groups excluding carboxylic acids is 2. The van der Waals surface area contributed by atoms with Gasteiger partial charge in [0.2, 0.25) is 5.91 Å². The first-order chi connectivity index (χ1) is 12.6. The van der Waals surface area contributed by atoms with Crippen molar-refractivity contribution in [1.29, 1.82) is 0 Å². The molecule has 1 aliphatic rings. The molecule has 1 fully saturated rings. The minimum Gasteiger partial charge on any atom is -0.347 e. The Labute approximate surface area is 154 Å². The summed E-state index contributed by atoms with van der Waals surface area (Å²) in [7, 11) is 0. The molecular weight excluding hydrogens is 350 g/mol. The van der Waals surface area contributed by atoms with Gasteiger partial charge in [0.25, 0.3) is 5.91 Å². The van der Waals surface area contributed by atoms with Crippen molar-refractivity contribution in [1.82, 2.24) is 24.8 Å². The zero-order valence-corrected chi connectivity index (χ0v) is 15.2. The quantitative estimate of drug-likeness (QED) is 0.763. The standard InChI is InChI=1S/C18H19N5O2S/c1-12(24)22-7-6-13(10-22)17-21-20-16-5-4-14(11-23(16)17)18(25)19-9-15-3-2-8-26-15/h2-5,8,11,13H,6-7,9-10H2,1H3,(H,19,25). The van der Waals surface area contributed by atoms with Gasteiger partial charge in [-0.25, -0.2) is 0 Å². The van der Waals surface area contributed by atoms with E-state index in [1.54, 1.807) is 36.6 Å². The maximum atomic E-state index is 12.5. The second kappa shape index (κ2) is 6.87. The van der Waals surface area contributed by atoms with Gasteiger partial charge in [-0.15, -0.1) is 21.5 Å².